The molecule has 0 saturated heterocycles. The number of amides is 1. The minimum absolute atomic E-state index is 0.173. The molecule has 0 atom stereocenters. The average molecular weight is 402 g/mol. The van der Waals surface area contributed by atoms with Crippen LogP contribution in [0.3, 0.4) is 0 Å². The second kappa shape index (κ2) is 7.63. The summed E-state index contributed by atoms with van der Waals surface area (Å²) in [6.07, 6.45) is 0. The Morgan fingerprint density at radius 3 is 2.87 bits per heavy atom. The molecular weight excluding hydrogens is 393 g/mol. The lowest BCUT2D eigenvalue weighted by molar-refractivity contribution is 0.103. The smallest absolute Gasteiger partial charge is 0.267 e. The van der Waals surface area contributed by atoms with Gasteiger partial charge in [0.1, 0.15) is 0 Å². The molecule has 2 heterocycles. The molecule has 0 fully saturated rings. The number of benzene rings is 1. The third kappa shape index (κ3) is 4.45. The van der Waals surface area contributed by atoms with Gasteiger partial charge in [-0.3, -0.25) is 10.1 Å². The number of hydrogen-bond acceptors (Lipinski definition) is 6. The quantitative estimate of drug-likeness (QED) is 0.455. The van der Waals surface area contributed by atoms with Crippen molar-refractivity contribution in [2.24, 2.45) is 0 Å². The van der Waals surface area contributed by atoms with Crippen LogP contribution in [0.1, 0.15) is 15.2 Å². The number of nitrogens with zero attached hydrogens (tertiary/aromatic N) is 2. The zero-order valence-corrected chi connectivity index (χ0v) is 15.4. The molecule has 1 amide bonds. The fourth-order valence-electron chi connectivity index (χ4n) is 1.66. The van der Waals surface area contributed by atoms with Crippen molar-refractivity contribution in [3.63, 3.8) is 0 Å². The van der Waals surface area contributed by atoms with Gasteiger partial charge in [0.2, 0.25) is 5.13 Å². The number of hydrogen-bond donors (Lipinski definition) is 1. The molecule has 0 aliphatic rings. The second-order valence-corrected chi connectivity index (χ2v) is 8.32. The number of carbonyl (C=O) groups excluding carboxylic acids is 1. The lowest BCUT2D eigenvalue weighted by atomic mass is 10.2. The number of nitrogens with one attached hydrogen (secondary N) is 1. The van der Waals surface area contributed by atoms with Gasteiger partial charge in [0.05, 0.1) is 4.88 Å². The first-order chi connectivity index (χ1) is 11.1. The minimum Gasteiger partial charge on any atom is -0.296 e. The van der Waals surface area contributed by atoms with Crippen LogP contribution in [0.4, 0.5) is 5.13 Å². The number of aromatic nitrogens is 2. The summed E-state index contributed by atoms with van der Waals surface area (Å²) in [6, 6.07) is 9.00. The minimum atomic E-state index is -0.173. The zero-order valence-electron chi connectivity index (χ0n) is 11.5. The molecule has 118 valence electrons. The molecule has 3 rings (SSSR count). The molecule has 3 aromatic rings. The van der Waals surface area contributed by atoms with Crippen LogP contribution in [0.15, 0.2) is 40.1 Å². The summed E-state index contributed by atoms with van der Waals surface area (Å²) < 4.78 is 0.762. The number of carbonyl (C=O) groups is 1. The molecular formula is C14H9Cl2N3OS3. The standard InChI is InChI=1S/C14H9Cl2N3OS3/c15-9-4-3-8(10(16)6-9)7-22-14-19-18-13(23-14)17-12(20)11-2-1-5-21-11/h1-6H,7H2,(H,17,18,20). The van der Waals surface area contributed by atoms with Gasteiger partial charge in [-0.15, -0.1) is 21.5 Å². The molecule has 0 aliphatic heterocycles. The van der Waals surface area contributed by atoms with Crippen LogP contribution in [0, 0.1) is 0 Å². The molecule has 1 aromatic carbocycles. The van der Waals surface area contributed by atoms with E-state index < -0.39 is 0 Å². The summed E-state index contributed by atoms with van der Waals surface area (Å²) in [4.78, 5) is 12.6. The highest BCUT2D eigenvalue weighted by Gasteiger charge is 2.12. The van der Waals surface area contributed by atoms with Gasteiger partial charge >= 0.3 is 0 Å². The lowest BCUT2D eigenvalue weighted by Crippen LogP contribution is -2.09. The summed E-state index contributed by atoms with van der Waals surface area (Å²) in [5.41, 5.74) is 0.973. The number of rotatable bonds is 5. The van der Waals surface area contributed by atoms with E-state index in [-0.39, 0.29) is 5.91 Å². The molecule has 1 N–H and O–H groups in total. The maximum absolute atomic E-state index is 11.9. The van der Waals surface area contributed by atoms with Gasteiger partial charge in [-0.1, -0.05) is 58.4 Å². The largest absolute Gasteiger partial charge is 0.296 e. The van der Waals surface area contributed by atoms with Crippen molar-refractivity contribution >= 4 is 68.7 Å². The lowest BCUT2D eigenvalue weighted by Gasteiger charge is -2.02. The molecule has 0 bridgehead atoms. The summed E-state index contributed by atoms with van der Waals surface area (Å²) in [7, 11) is 0. The van der Waals surface area contributed by atoms with Crippen molar-refractivity contribution in [3.8, 4) is 0 Å². The highest BCUT2D eigenvalue weighted by molar-refractivity contribution is 8.00. The first-order valence-electron chi connectivity index (χ1n) is 6.37. The molecule has 9 heteroatoms. The predicted octanol–water partition coefficient (Wildman–Crippen LogP) is 5.45. The van der Waals surface area contributed by atoms with Crippen molar-refractivity contribution in [1.29, 1.82) is 0 Å². The van der Waals surface area contributed by atoms with Crippen molar-refractivity contribution < 1.29 is 4.79 Å². The Balaban J connectivity index is 1.60. The average Bonchev–Trinajstić information content (AvgIpc) is 3.17. The molecule has 0 spiro atoms. The van der Waals surface area contributed by atoms with E-state index in [4.69, 9.17) is 23.2 Å². The third-order valence-electron chi connectivity index (χ3n) is 2.74. The van der Waals surface area contributed by atoms with E-state index in [0.717, 1.165) is 9.90 Å². The second-order valence-electron chi connectivity index (χ2n) is 4.33. The van der Waals surface area contributed by atoms with E-state index in [2.05, 4.69) is 15.5 Å². The van der Waals surface area contributed by atoms with Crippen LogP contribution in [0.5, 0.6) is 0 Å². The summed E-state index contributed by atoms with van der Waals surface area (Å²) >= 11 is 16.2. The maximum atomic E-state index is 11.9. The van der Waals surface area contributed by atoms with Crippen LogP contribution in [0.2, 0.25) is 10.0 Å². The fourth-order valence-corrected chi connectivity index (χ4v) is 4.59. The van der Waals surface area contributed by atoms with Gasteiger partial charge in [0, 0.05) is 15.8 Å². The molecule has 0 aliphatic carbocycles. The molecule has 0 radical (unpaired) electrons. The van der Waals surface area contributed by atoms with Crippen molar-refractivity contribution in [3.05, 3.63) is 56.2 Å². The Hall–Kier alpha value is -1.12. The topological polar surface area (TPSA) is 54.9 Å². The third-order valence-corrected chi connectivity index (χ3v) is 6.21. The van der Waals surface area contributed by atoms with Gasteiger partial charge in [-0.25, -0.2) is 0 Å². The van der Waals surface area contributed by atoms with Gasteiger partial charge in [-0.05, 0) is 29.1 Å². The van der Waals surface area contributed by atoms with E-state index in [1.807, 2.05) is 17.5 Å². The van der Waals surface area contributed by atoms with Crippen LogP contribution < -0.4 is 5.32 Å². The Kier molecular flexibility index (Phi) is 5.55. The Morgan fingerprint density at radius 2 is 2.13 bits per heavy atom. The van der Waals surface area contributed by atoms with Crippen molar-refractivity contribution in [2.45, 2.75) is 10.1 Å². The van der Waals surface area contributed by atoms with Crippen molar-refractivity contribution in [1.82, 2.24) is 10.2 Å². The molecule has 4 nitrogen and oxygen atoms in total. The van der Waals surface area contributed by atoms with Gasteiger partial charge < -0.3 is 0 Å². The molecule has 2 aromatic heterocycles. The Bertz CT molecular complexity index is 821. The molecule has 0 saturated carbocycles. The van der Waals surface area contributed by atoms with E-state index in [0.29, 0.717) is 25.8 Å². The first-order valence-corrected chi connectivity index (χ1v) is 9.80. The summed E-state index contributed by atoms with van der Waals surface area (Å²) in [6.45, 7) is 0. The maximum Gasteiger partial charge on any atom is 0.267 e. The summed E-state index contributed by atoms with van der Waals surface area (Å²) in [5, 5.41) is 14.4. The first kappa shape index (κ1) is 16.7. The molecule has 23 heavy (non-hydrogen) atoms. The highest BCUT2D eigenvalue weighted by Crippen LogP contribution is 2.31. The van der Waals surface area contributed by atoms with Gasteiger partial charge in [0.15, 0.2) is 4.34 Å². The van der Waals surface area contributed by atoms with E-state index in [1.54, 1.807) is 18.2 Å². The SMILES string of the molecule is O=C(Nc1nnc(SCc2ccc(Cl)cc2Cl)s1)c1cccs1. The number of thiophene rings is 1. The Labute approximate surface area is 154 Å². The number of thioether (sulfide) groups is 1. The van der Waals surface area contributed by atoms with Gasteiger partial charge in [-0.2, -0.15) is 0 Å². The number of anilines is 1. The van der Waals surface area contributed by atoms with Crippen molar-refractivity contribution in [2.75, 3.05) is 5.32 Å². The predicted molar refractivity (Wildman–Crippen MR) is 98.2 cm³/mol. The van der Waals surface area contributed by atoms with Crippen LogP contribution in [-0.2, 0) is 5.75 Å². The Morgan fingerprint density at radius 1 is 1.26 bits per heavy atom. The number of halogens is 2. The van der Waals surface area contributed by atoms with E-state index in [9.17, 15) is 4.79 Å². The zero-order chi connectivity index (χ0) is 16.2. The van der Waals surface area contributed by atoms with Gasteiger partial charge in [0.25, 0.3) is 5.91 Å². The van der Waals surface area contributed by atoms with Crippen LogP contribution >= 0.6 is 57.6 Å². The molecule has 0 unspecified atom stereocenters. The highest BCUT2D eigenvalue weighted by atomic mass is 35.5. The fraction of sp³-hybridized carbons (Fsp3) is 0.0714. The van der Waals surface area contributed by atoms with Crippen LogP contribution in [-0.4, -0.2) is 16.1 Å². The summed E-state index contributed by atoms with van der Waals surface area (Å²) in [5.74, 6) is 0.484. The monoisotopic (exact) mass is 401 g/mol. The van der Waals surface area contributed by atoms with E-state index in [1.165, 1.54) is 34.4 Å². The van der Waals surface area contributed by atoms with Crippen LogP contribution in [0.25, 0.3) is 0 Å². The van der Waals surface area contributed by atoms with E-state index >= 15 is 0 Å². The normalized spacial score (nSPS) is 10.7.